The second-order valence-corrected chi connectivity index (χ2v) is 7.70. The van der Waals surface area contributed by atoms with E-state index in [1.807, 2.05) is 42.2 Å². The summed E-state index contributed by atoms with van der Waals surface area (Å²) < 4.78 is 20.2. The molecule has 0 saturated carbocycles. The Bertz CT molecular complexity index is 976. The lowest BCUT2D eigenvalue weighted by Crippen LogP contribution is -2.48. The Morgan fingerprint density at radius 2 is 1.78 bits per heavy atom. The van der Waals surface area contributed by atoms with Gasteiger partial charge in [0.05, 0.1) is 12.0 Å². The number of nitrogens with zero attached hydrogens (tertiary/aromatic N) is 2. The third-order valence-electron chi connectivity index (χ3n) is 5.10. The van der Waals surface area contributed by atoms with Crippen LogP contribution in [0, 0.1) is 12.7 Å². The van der Waals surface area contributed by atoms with Crippen molar-refractivity contribution >= 4 is 33.0 Å². The molecule has 1 amide bonds. The molecule has 4 rings (SSSR count). The van der Waals surface area contributed by atoms with Crippen LogP contribution < -0.4 is 9.64 Å². The minimum absolute atomic E-state index is 0.00230. The van der Waals surface area contributed by atoms with E-state index in [9.17, 15) is 9.18 Å². The third kappa shape index (κ3) is 3.25. The molecule has 0 unspecified atom stereocenters. The van der Waals surface area contributed by atoms with Gasteiger partial charge in [0.25, 0.3) is 5.91 Å². The predicted molar refractivity (Wildman–Crippen MR) is 108 cm³/mol. The minimum Gasteiger partial charge on any atom is -0.497 e. The van der Waals surface area contributed by atoms with Gasteiger partial charge in [0.1, 0.15) is 11.6 Å². The number of thiophene rings is 1. The van der Waals surface area contributed by atoms with Crippen LogP contribution in [-0.4, -0.2) is 44.1 Å². The van der Waals surface area contributed by atoms with Crippen LogP contribution in [0.25, 0.3) is 10.1 Å². The van der Waals surface area contributed by atoms with Crippen molar-refractivity contribution < 1.29 is 13.9 Å². The van der Waals surface area contributed by atoms with Crippen molar-refractivity contribution in [3.63, 3.8) is 0 Å². The van der Waals surface area contributed by atoms with E-state index in [0.717, 1.165) is 34.8 Å². The number of fused-ring (bicyclic) bond motifs is 1. The molecule has 1 aliphatic rings. The van der Waals surface area contributed by atoms with Crippen LogP contribution >= 0.6 is 11.3 Å². The lowest BCUT2D eigenvalue weighted by atomic mass is 10.1. The summed E-state index contributed by atoms with van der Waals surface area (Å²) in [5, 5.41) is 0.572. The third-order valence-corrected chi connectivity index (χ3v) is 6.35. The Kier molecular flexibility index (Phi) is 4.74. The Balaban J connectivity index is 1.49. The number of amides is 1. The highest BCUT2D eigenvalue weighted by Gasteiger charge is 2.26. The summed E-state index contributed by atoms with van der Waals surface area (Å²) in [4.78, 5) is 17.8. The number of ether oxygens (including phenoxy) is 1. The Hall–Kier alpha value is -2.60. The lowest BCUT2D eigenvalue weighted by Gasteiger charge is -2.36. The summed E-state index contributed by atoms with van der Waals surface area (Å²) in [7, 11) is 1.65. The molecule has 0 atom stereocenters. The van der Waals surface area contributed by atoms with Gasteiger partial charge in [-0.05, 0) is 48.9 Å². The van der Waals surface area contributed by atoms with E-state index in [-0.39, 0.29) is 11.7 Å². The molecule has 27 heavy (non-hydrogen) atoms. The standard InChI is InChI=1S/C21H21FN2O2S/c1-14-19-17(22)4-3-5-18(19)27-20(14)21(25)24-12-10-23(11-13-24)15-6-8-16(26-2)9-7-15/h3-9H,10-13H2,1-2H3. The number of hydrogen-bond donors (Lipinski definition) is 0. The van der Waals surface area contributed by atoms with Gasteiger partial charge in [-0.1, -0.05) is 6.07 Å². The van der Waals surface area contributed by atoms with Gasteiger partial charge in [0.15, 0.2) is 0 Å². The fourth-order valence-corrected chi connectivity index (χ4v) is 4.75. The Labute approximate surface area is 161 Å². The van der Waals surface area contributed by atoms with E-state index in [0.29, 0.717) is 23.4 Å². The van der Waals surface area contributed by atoms with Crippen molar-refractivity contribution in [2.75, 3.05) is 38.2 Å². The molecule has 1 saturated heterocycles. The number of halogens is 1. The van der Waals surface area contributed by atoms with Gasteiger partial charge >= 0.3 is 0 Å². The molecule has 1 fully saturated rings. The number of rotatable bonds is 3. The van der Waals surface area contributed by atoms with Gasteiger partial charge in [-0.2, -0.15) is 0 Å². The van der Waals surface area contributed by atoms with Gasteiger partial charge in [-0.15, -0.1) is 11.3 Å². The fourth-order valence-electron chi connectivity index (χ4n) is 3.56. The summed E-state index contributed by atoms with van der Waals surface area (Å²) in [6, 6.07) is 13.0. The first-order valence-corrected chi connectivity index (χ1v) is 9.76. The fraction of sp³-hybridized carbons (Fsp3) is 0.286. The summed E-state index contributed by atoms with van der Waals surface area (Å²) in [5.41, 5.74) is 1.87. The first-order chi connectivity index (χ1) is 13.1. The number of hydrogen-bond acceptors (Lipinski definition) is 4. The van der Waals surface area contributed by atoms with Gasteiger partial charge in [-0.3, -0.25) is 4.79 Å². The summed E-state index contributed by atoms with van der Waals surface area (Å²) in [6.07, 6.45) is 0. The van der Waals surface area contributed by atoms with Crippen molar-refractivity contribution in [2.45, 2.75) is 6.92 Å². The zero-order valence-electron chi connectivity index (χ0n) is 15.4. The van der Waals surface area contributed by atoms with Crippen molar-refractivity contribution in [2.24, 2.45) is 0 Å². The van der Waals surface area contributed by atoms with Crippen LogP contribution in [-0.2, 0) is 0 Å². The molecule has 0 bridgehead atoms. The molecular weight excluding hydrogens is 363 g/mol. The second-order valence-electron chi connectivity index (χ2n) is 6.65. The molecule has 4 nitrogen and oxygen atoms in total. The minimum atomic E-state index is -0.260. The van der Waals surface area contributed by atoms with E-state index in [1.165, 1.54) is 17.4 Å². The van der Waals surface area contributed by atoms with E-state index in [1.54, 1.807) is 13.2 Å². The molecule has 0 spiro atoms. The molecule has 3 aromatic rings. The van der Waals surface area contributed by atoms with Gasteiger partial charge < -0.3 is 14.5 Å². The first kappa shape index (κ1) is 17.8. The number of carbonyl (C=O) groups is 1. The van der Waals surface area contributed by atoms with Crippen molar-refractivity contribution in [3.05, 3.63) is 58.7 Å². The van der Waals surface area contributed by atoms with Crippen LogP contribution in [0.4, 0.5) is 10.1 Å². The van der Waals surface area contributed by atoms with Crippen molar-refractivity contribution in [1.29, 1.82) is 0 Å². The number of anilines is 1. The monoisotopic (exact) mass is 384 g/mol. The molecular formula is C21H21FN2O2S. The molecule has 6 heteroatoms. The van der Waals surface area contributed by atoms with E-state index >= 15 is 0 Å². The number of methoxy groups -OCH3 is 1. The molecule has 2 heterocycles. The highest BCUT2D eigenvalue weighted by Crippen LogP contribution is 2.33. The average Bonchev–Trinajstić information content (AvgIpc) is 3.05. The van der Waals surface area contributed by atoms with Crippen molar-refractivity contribution in [3.8, 4) is 5.75 Å². The predicted octanol–water partition coefficient (Wildman–Crippen LogP) is 4.32. The second kappa shape index (κ2) is 7.19. The quantitative estimate of drug-likeness (QED) is 0.674. The Morgan fingerprint density at radius 3 is 2.41 bits per heavy atom. The zero-order chi connectivity index (χ0) is 19.0. The summed E-state index contributed by atoms with van der Waals surface area (Å²) in [6.45, 7) is 4.69. The smallest absolute Gasteiger partial charge is 0.264 e. The number of piperazine rings is 1. The maximum atomic E-state index is 14.1. The largest absolute Gasteiger partial charge is 0.497 e. The molecule has 140 valence electrons. The molecule has 0 aliphatic carbocycles. The van der Waals surface area contributed by atoms with Crippen LogP contribution in [0.5, 0.6) is 5.75 Å². The van der Waals surface area contributed by atoms with Crippen LogP contribution in [0.3, 0.4) is 0 Å². The normalized spacial score (nSPS) is 14.6. The maximum absolute atomic E-state index is 14.1. The highest BCUT2D eigenvalue weighted by molar-refractivity contribution is 7.21. The number of carbonyl (C=O) groups excluding carboxylic acids is 1. The van der Waals surface area contributed by atoms with Crippen LogP contribution in [0.1, 0.15) is 15.2 Å². The Morgan fingerprint density at radius 1 is 1.07 bits per heavy atom. The first-order valence-electron chi connectivity index (χ1n) is 8.94. The van der Waals surface area contributed by atoms with Crippen molar-refractivity contribution in [1.82, 2.24) is 4.90 Å². The highest BCUT2D eigenvalue weighted by atomic mass is 32.1. The van der Waals surface area contributed by atoms with E-state index < -0.39 is 0 Å². The molecule has 1 aromatic heterocycles. The van der Waals surface area contributed by atoms with Crippen LogP contribution in [0.15, 0.2) is 42.5 Å². The molecule has 0 N–H and O–H groups in total. The number of aryl methyl sites for hydroxylation is 1. The summed E-state index contributed by atoms with van der Waals surface area (Å²) >= 11 is 1.38. The van der Waals surface area contributed by atoms with Crippen LogP contribution in [0.2, 0.25) is 0 Å². The van der Waals surface area contributed by atoms with E-state index in [4.69, 9.17) is 4.74 Å². The maximum Gasteiger partial charge on any atom is 0.264 e. The molecule has 0 radical (unpaired) electrons. The van der Waals surface area contributed by atoms with Gasteiger partial charge in [-0.25, -0.2) is 4.39 Å². The average molecular weight is 384 g/mol. The SMILES string of the molecule is COc1ccc(N2CCN(C(=O)c3sc4cccc(F)c4c3C)CC2)cc1. The number of benzene rings is 2. The molecule has 2 aromatic carbocycles. The topological polar surface area (TPSA) is 32.8 Å². The zero-order valence-corrected chi connectivity index (χ0v) is 16.2. The van der Waals surface area contributed by atoms with Gasteiger partial charge in [0.2, 0.25) is 0 Å². The lowest BCUT2D eigenvalue weighted by molar-refractivity contribution is 0.0751. The summed E-state index contributed by atoms with van der Waals surface area (Å²) in [5.74, 6) is 0.576. The molecule has 1 aliphatic heterocycles. The van der Waals surface area contributed by atoms with Gasteiger partial charge in [0, 0.05) is 42.0 Å². The van der Waals surface area contributed by atoms with E-state index in [2.05, 4.69) is 4.90 Å².